The number of pyridine rings is 2. The summed E-state index contributed by atoms with van der Waals surface area (Å²) in [6.07, 6.45) is 4.06. The molecule has 142 valence electrons. The zero-order valence-corrected chi connectivity index (χ0v) is 15.5. The molecule has 0 saturated heterocycles. The first-order valence-electron chi connectivity index (χ1n) is 8.47. The smallest absolute Gasteiger partial charge is 0.277 e. The Morgan fingerprint density at radius 1 is 1.33 bits per heavy atom. The van der Waals surface area contributed by atoms with Crippen molar-refractivity contribution in [2.24, 2.45) is 10.7 Å². The molecule has 0 aromatic carbocycles. The lowest BCUT2D eigenvalue weighted by Gasteiger charge is -2.22. The van der Waals surface area contributed by atoms with Gasteiger partial charge in [-0.25, -0.2) is 13.8 Å². The minimum absolute atomic E-state index is 0.0698. The lowest BCUT2D eigenvalue weighted by Crippen LogP contribution is -2.19. The summed E-state index contributed by atoms with van der Waals surface area (Å²) < 4.78 is 26.7. The van der Waals surface area contributed by atoms with E-state index in [0.29, 0.717) is 16.9 Å². The van der Waals surface area contributed by atoms with Crippen molar-refractivity contribution in [3.8, 4) is 0 Å². The number of nitrogens with two attached hydrogens (primary N) is 1. The summed E-state index contributed by atoms with van der Waals surface area (Å²) in [4.78, 5) is 24.6. The molecule has 0 saturated carbocycles. The van der Waals surface area contributed by atoms with Crippen LogP contribution in [0.5, 0.6) is 0 Å². The molecule has 2 atom stereocenters. The van der Waals surface area contributed by atoms with Gasteiger partial charge in [-0.2, -0.15) is 0 Å². The molecule has 2 aromatic rings. The van der Waals surface area contributed by atoms with Crippen LogP contribution in [0.3, 0.4) is 0 Å². The van der Waals surface area contributed by atoms with Gasteiger partial charge < -0.3 is 11.1 Å². The van der Waals surface area contributed by atoms with E-state index in [4.69, 9.17) is 5.73 Å². The van der Waals surface area contributed by atoms with Crippen LogP contribution in [-0.2, 0) is 0 Å². The summed E-state index contributed by atoms with van der Waals surface area (Å²) in [5.41, 5.74) is 6.66. The molecule has 2 aromatic heterocycles. The summed E-state index contributed by atoms with van der Waals surface area (Å²) in [7, 11) is 0. The number of hydrogen-bond acceptors (Lipinski definition) is 6. The molecule has 0 aliphatic carbocycles. The molecule has 0 fully saturated rings. The minimum atomic E-state index is -1.01. The standard InChI is InChI=1S/C18H19F2N5OS/c1-10-6-11(3-5-27-18(21)24-10)15-8-13(2-4-22-15)25-17(26)16-14(20)7-12(19)9-23-16/h2,4,7-11H,3,5-6H2,1H3,(H2,21,24)(H,22,25,26)/t10-,11?/m0/s1. The zero-order chi connectivity index (χ0) is 19.4. The molecule has 1 amide bonds. The highest BCUT2D eigenvalue weighted by Crippen LogP contribution is 2.29. The number of hydrogen-bond donors (Lipinski definition) is 2. The quantitative estimate of drug-likeness (QED) is 0.837. The Hall–Kier alpha value is -2.55. The van der Waals surface area contributed by atoms with Gasteiger partial charge in [0.2, 0.25) is 0 Å². The van der Waals surface area contributed by atoms with Crippen molar-refractivity contribution < 1.29 is 13.6 Å². The largest absolute Gasteiger partial charge is 0.379 e. The van der Waals surface area contributed by atoms with E-state index >= 15 is 0 Å². The third-order valence-corrected chi connectivity index (χ3v) is 5.01. The van der Waals surface area contributed by atoms with Gasteiger partial charge in [-0.1, -0.05) is 11.8 Å². The average molecular weight is 391 g/mol. The Morgan fingerprint density at radius 3 is 2.93 bits per heavy atom. The maximum absolute atomic E-state index is 13.7. The Morgan fingerprint density at radius 2 is 2.15 bits per heavy atom. The maximum Gasteiger partial charge on any atom is 0.277 e. The predicted molar refractivity (Wildman–Crippen MR) is 102 cm³/mol. The molecule has 6 nitrogen and oxygen atoms in total. The Bertz CT molecular complexity index is 877. The van der Waals surface area contributed by atoms with Gasteiger partial charge in [-0.05, 0) is 31.9 Å². The van der Waals surface area contributed by atoms with E-state index in [-0.39, 0.29) is 12.0 Å². The van der Waals surface area contributed by atoms with Crippen molar-refractivity contribution >= 4 is 28.5 Å². The number of nitrogens with zero attached hydrogens (tertiary/aromatic N) is 3. The van der Waals surface area contributed by atoms with E-state index in [1.807, 2.05) is 6.92 Å². The van der Waals surface area contributed by atoms with Crippen molar-refractivity contribution in [1.29, 1.82) is 0 Å². The van der Waals surface area contributed by atoms with Crippen molar-refractivity contribution in [3.05, 3.63) is 53.6 Å². The Kier molecular flexibility index (Phi) is 6.00. The average Bonchev–Trinajstić information content (AvgIpc) is 2.59. The molecule has 3 rings (SSSR count). The van der Waals surface area contributed by atoms with Gasteiger partial charge in [0.25, 0.3) is 5.91 Å². The summed E-state index contributed by atoms with van der Waals surface area (Å²) in [6, 6.07) is 4.07. The van der Waals surface area contributed by atoms with Crippen molar-refractivity contribution in [1.82, 2.24) is 9.97 Å². The molecule has 1 aliphatic heterocycles. The van der Waals surface area contributed by atoms with Gasteiger partial charge in [-0.3, -0.25) is 14.8 Å². The van der Waals surface area contributed by atoms with Gasteiger partial charge in [-0.15, -0.1) is 0 Å². The fourth-order valence-electron chi connectivity index (χ4n) is 2.93. The summed E-state index contributed by atoms with van der Waals surface area (Å²) in [6.45, 7) is 2.00. The molecule has 3 heterocycles. The summed E-state index contributed by atoms with van der Waals surface area (Å²) in [5.74, 6) is -1.60. The first-order chi connectivity index (χ1) is 12.9. The number of aromatic nitrogens is 2. The van der Waals surface area contributed by atoms with Crippen LogP contribution in [-0.4, -0.2) is 32.8 Å². The monoisotopic (exact) mass is 391 g/mol. The molecule has 1 aliphatic rings. The molecule has 27 heavy (non-hydrogen) atoms. The molecular formula is C18H19F2N5OS. The van der Waals surface area contributed by atoms with E-state index in [0.717, 1.165) is 30.5 Å². The molecule has 3 N–H and O–H groups in total. The molecule has 0 bridgehead atoms. The molecule has 1 unspecified atom stereocenters. The lowest BCUT2D eigenvalue weighted by atomic mass is 9.94. The predicted octanol–water partition coefficient (Wildman–Crippen LogP) is 3.32. The SMILES string of the molecule is C[C@H]1CC(c2cc(NC(=O)c3ncc(F)cc3F)ccn2)CCSC(N)=N1. The number of anilines is 1. The van der Waals surface area contributed by atoms with Gasteiger partial charge in [0.1, 0.15) is 5.82 Å². The van der Waals surface area contributed by atoms with Gasteiger partial charge in [0, 0.05) is 35.3 Å². The Labute approximate surface area is 159 Å². The third-order valence-electron chi connectivity index (χ3n) is 4.17. The fourth-order valence-corrected chi connectivity index (χ4v) is 3.80. The molecular weight excluding hydrogens is 372 g/mol. The third kappa shape index (κ3) is 5.00. The Balaban J connectivity index is 1.76. The second-order valence-electron chi connectivity index (χ2n) is 6.29. The second-order valence-corrected chi connectivity index (χ2v) is 7.41. The van der Waals surface area contributed by atoms with Gasteiger partial charge in [0.05, 0.1) is 12.2 Å². The van der Waals surface area contributed by atoms with Crippen LogP contribution < -0.4 is 11.1 Å². The number of carbonyl (C=O) groups excluding carboxylic acids is 1. The number of halogens is 2. The normalized spacial score (nSPS) is 20.3. The number of carbonyl (C=O) groups is 1. The first kappa shape index (κ1) is 19.2. The molecule has 0 spiro atoms. The number of thioether (sulfide) groups is 1. The van der Waals surface area contributed by atoms with Crippen molar-refractivity contribution in [3.63, 3.8) is 0 Å². The summed E-state index contributed by atoms with van der Waals surface area (Å²) in [5, 5.41) is 3.19. The van der Waals surface area contributed by atoms with E-state index in [2.05, 4.69) is 20.3 Å². The molecule has 9 heteroatoms. The number of amides is 1. The number of rotatable bonds is 3. The van der Waals surface area contributed by atoms with E-state index in [9.17, 15) is 13.6 Å². The van der Waals surface area contributed by atoms with E-state index in [1.54, 1.807) is 18.3 Å². The highest BCUT2D eigenvalue weighted by atomic mass is 32.2. The van der Waals surface area contributed by atoms with Crippen molar-refractivity contribution in [2.75, 3.05) is 11.1 Å². The summed E-state index contributed by atoms with van der Waals surface area (Å²) >= 11 is 1.52. The topological polar surface area (TPSA) is 93.3 Å². The second kappa shape index (κ2) is 8.43. The molecule has 0 radical (unpaired) electrons. The minimum Gasteiger partial charge on any atom is -0.379 e. The van der Waals surface area contributed by atoms with Crippen LogP contribution in [0, 0.1) is 11.6 Å². The maximum atomic E-state index is 13.7. The fraction of sp³-hybridized carbons (Fsp3) is 0.333. The highest BCUT2D eigenvalue weighted by Gasteiger charge is 2.20. The highest BCUT2D eigenvalue weighted by molar-refractivity contribution is 8.13. The van der Waals surface area contributed by atoms with Crippen molar-refractivity contribution in [2.45, 2.75) is 31.7 Å². The van der Waals surface area contributed by atoms with Crippen LogP contribution in [0.1, 0.15) is 41.9 Å². The number of aliphatic imine (C=N–C) groups is 1. The number of amidine groups is 1. The first-order valence-corrected chi connectivity index (χ1v) is 9.45. The zero-order valence-electron chi connectivity index (χ0n) is 14.7. The van der Waals surface area contributed by atoms with Crippen LogP contribution in [0.2, 0.25) is 0 Å². The van der Waals surface area contributed by atoms with E-state index < -0.39 is 23.2 Å². The van der Waals surface area contributed by atoms with Crippen LogP contribution in [0.15, 0.2) is 35.6 Å². The van der Waals surface area contributed by atoms with Crippen LogP contribution in [0.25, 0.3) is 0 Å². The van der Waals surface area contributed by atoms with E-state index in [1.165, 1.54) is 11.8 Å². The lowest BCUT2D eigenvalue weighted by molar-refractivity contribution is 0.101. The van der Waals surface area contributed by atoms with Gasteiger partial charge >= 0.3 is 0 Å². The van der Waals surface area contributed by atoms with Gasteiger partial charge in [0.15, 0.2) is 16.7 Å². The van der Waals surface area contributed by atoms with Crippen LogP contribution in [0.4, 0.5) is 14.5 Å². The van der Waals surface area contributed by atoms with Crippen LogP contribution >= 0.6 is 11.8 Å². The number of nitrogens with one attached hydrogen (secondary N) is 1.